The Morgan fingerprint density at radius 1 is 1.02 bits per heavy atom. The first-order chi connectivity index (χ1) is 19.8. The van der Waals surface area contributed by atoms with E-state index in [9.17, 15) is 31.2 Å². The van der Waals surface area contributed by atoms with Gasteiger partial charge in [0.2, 0.25) is 5.91 Å². The largest absolute Gasteiger partial charge is 0.573 e. The van der Waals surface area contributed by atoms with Crippen molar-refractivity contribution in [2.75, 3.05) is 24.6 Å². The topological polar surface area (TPSA) is 134 Å². The number of hydrogen-bond donors (Lipinski definition) is 1. The van der Waals surface area contributed by atoms with E-state index in [0.717, 1.165) is 0 Å². The molecule has 0 aliphatic carbocycles. The van der Waals surface area contributed by atoms with E-state index in [-0.39, 0.29) is 47.3 Å². The zero-order valence-corrected chi connectivity index (χ0v) is 23.2. The summed E-state index contributed by atoms with van der Waals surface area (Å²) in [7, 11) is -3.06. The van der Waals surface area contributed by atoms with E-state index in [0.29, 0.717) is 54.8 Å². The average molecular weight is 607 g/mol. The van der Waals surface area contributed by atoms with Gasteiger partial charge < -0.3 is 20.1 Å². The summed E-state index contributed by atoms with van der Waals surface area (Å²) in [6.45, 7) is 0.831. The lowest BCUT2D eigenvalue weighted by Gasteiger charge is -2.32. The third-order valence-corrected chi connectivity index (χ3v) is 9.11. The first kappa shape index (κ1) is 29.4. The van der Waals surface area contributed by atoms with Gasteiger partial charge in [-0.05, 0) is 41.8 Å². The summed E-state index contributed by atoms with van der Waals surface area (Å²) in [6, 6.07) is 10.0. The molecule has 0 spiro atoms. The van der Waals surface area contributed by atoms with Gasteiger partial charge in [0.05, 0.1) is 35.7 Å². The minimum absolute atomic E-state index is 0.0399. The van der Waals surface area contributed by atoms with Crippen LogP contribution in [-0.4, -0.2) is 72.0 Å². The van der Waals surface area contributed by atoms with Crippen LogP contribution in [0.4, 0.5) is 13.2 Å². The molecule has 3 heterocycles. The second-order valence-electron chi connectivity index (χ2n) is 10.4. The zero-order chi connectivity index (χ0) is 30.1. The molecule has 0 bridgehead atoms. The summed E-state index contributed by atoms with van der Waals surface area (Å²) in [4.78, 5) is 26.7. The Labute approximate surface area is 240 Å². The van der Waals surface area contributed by atoms with E-state index < -0.39 is 22.1 Å². The second kappa shape index (κ2) is 11.7. The standard InChI is InChI=1S/C28H29F3N4O6S/c29-28(30,31)41-23-4-1-18(2-5-23)13-26(36)34-10-7-22(8-11-34)40-25-6-3-19(14-24(25)27(32)37)20-15-33-35(16-20)21-9-12-42(38,39)17-21/h1-6,14-16,21-22H,7-13,17H2,(H2,32,37). The summed E-state index contributed by atoms with van der Waals surface area (Å²) in [5.41, 5.74) is 7.81. The van der Waals surface area contributed by atoms with Crippen molar-refractivity contribution in [2.24, 2.45) is 5.73 Å². The van der Waals surface area contributed by atoms with Crippen LogP contribution in [0.1, 0.15) is 41.2 Å². The fraction of sp³-hybridized carbons (Fsp3) is 0.393. The molecule has 2 aliphatic rings. The van der Waals surface area contributed by atoms with Crippen LogP contribution in [0.25, 0.3) is 11.1 Å². The molecular formula is C28H29F3N4O6S. The fourth-order valence-corrected chi connectivity index (χ4v) is 6.88. The molecule has 2 amide bonds. The number of sulfone groups is 1. The van der Waals surface area contributed by atoms with Crippen LogP contribution < -0.4 is 15.2 Å². The van der Waals surface area contributed by atoms with Gasteiger partial charge in [-0.3, -0.25) is 14.3 Å². The van der Waals surface area contributed by atoms with E-state index in [1.807, 2.05) is 0 Å². The molecule has 2 aromatic carbocycles. The molecule has 224 valence electrons. The Bertz CT molecular complexity index is 1560. The van der Waals surface area contributed by atoms with Gasteiger partial charge in [-0.25, -0.2) is 8.42 Å². The summed E-state index contributed by atoms with van der Waals surface area (Å²) in [5, 5.41) is 4.32. The smallest absolute Gasteiger partial charge is 0.489 e. The van der Waals surface area contributed by atoms with Crippen molar-refractivity contribution in [3.63, 3.8) is 0 Å². The van der Waals surface area contributed by atoms with Gasteiger partial charge in [-0.1, -0.05) is 18.2 Å². The molecular weight excluding hydrogens is 577 g/mol. The van der Waals surface area contributed by atoms with Gasteiger partial charge in [0.25, 0.3) is 5.91 Å². The van der Waals surface area contributed by atoms with Crippen LogP contribution in [0.3, 0.4) is 0 Å². The number of aromatic nitrogens is 2. The number of piperidine rings is 1. The highest BCUT2D eigenvalue weighted by Crippen LogP contribution is 2.31. The summed E-state index contributed by atoms with van der Waals surface area (Å²) < 4.78 is 72.3. The number of carbonyl (C=O) groups excluding carboxylic acids is 2. The number of carbonyl (C=O) groups is 2. The molecule has 0 radical (unpaired) electrons. The number of halogens is 3. The Hall–Kier alpha value is -4.07. The van der Waals surface area contributed by atoms with E-state index in [4.69, 9.17) is 10.5 Å². The highest BCUT2D eigenvalue weighted by molar-refractivity contribution is 7.91. The molecule has 3 aromatic rings. The minimum Gasteiger partial charge on any atom is -0.489 e. The summed E-state index contributed by atoms with van der Waals surface area (Å²) in [5.74, 6) is -0.666. The van der Waals surface area contributed by atoms with Gasteiger partial charge in [0, 0.05) is 37.7 Å². The Morgan fingerprint density at radius 3 is 2.36 bits per heavy atom. The molecule has 0 saturated carbocycles. The predicted octanol–water partition coefficient (Wildman–Crippen LogP) is 3.52. The van der Waals surface area contributed by atoms with Crippen molar-refractivity contribution >= 4 is 21.7 Å². The van der Waals surface area contributed by atoms with Crippen LogP contribution in [0.2, 0.25) is 0 Å². The van der Waals surface area contributed by atoms with Crippen molar-refractivity contribution in [1.82, 2.24) is 14.7 Å². The maximum absolute atomic E-state index is 12.8. The Balaban J connectivity index is 1.17. The first-order valence-corrected chi connectivity index (χ1v) is 15.2. The van der Waals surface area contributed by atoms with E-state index in [1.165, 1.54) is 24.3 Å². The van der Waals surface area contributed by atoms with Crippen molar-refractivity contribution < 1.29 is 40.7 Å². The van der Waals surface area contributed by atoms with Crippen LogP contribution in [-0.2, 0) is 21.1 Å². The highest BCUT2D eigenvalue weighted by atomic mass is 32.2. The Morgan fingerprint density at radius 2 is 1.74 bits per heavy atom. The molecule has 1 unspecified atom stereocenters. The number of ether oxygens (including phenoxy) is 2. The number of primary amides is 1. The summed E-state index contributed by atoms with van der Waals surface area (Å²) >= 11 is 0. The molecule has 1 aromatic heterocycles. The quantitative estimate of drug-likeness (QED) is 0.415. The second-order valence-corrected chi connectivity index (χ2v) is 12.6. The van der Waals surface area contributed by atoms with Crippen molar-refractivity contribution in [1.29, 1.82) is 0 Å². The van der Waals surface area contributed by atoms with Crippen LogP contribution in [0.15, 0.2) is 54.9 Å². The van der Waals surface area contributed by atoms with Gasteiger partial charge in [-0.2, -0.15) is 5.10 Å². The number of nitrogens with zero attached hydrogens (tertiary/aromatic N) is 3. The fourth-order valence-electron chi connectivity index (χ4n) is 5.17. The zero-order valence-electron chi connectivity index (χ0n) is 22.4. The van der Waals surface area contributed by atoms with Gasteiger partial charge >= 0.3 is 6.36 Å². The summed E-state index contributed by atoms with van der Waals surface area (Å²) in [6.07, 6.45) is -0.102. The Kier molecular flexibility index (Phi) is 8.17. The maximum atomic E-state index is 12.8. The number of rotatable bonds is 8. The molecule has 10 nitrogen and oxygen atoms in total. The van der Waals surface area contributed by atoms with Gasteiger partial charge in [-0.15, -0.1) is 13.2 Å². The minimum atomic E-state index is -4.78. The van der Waals surface area contributed by atoms with Crippen LogP contribution >= 0.6 is 0 Å². The first-order valence-electron chi connectivity index (χ1n) is 13.3. The van der Waals surface area contributed by atoms with Crippen LogP contribution in [0.5, 0.6) is 11.5 Å². The number of alkyl halides is 3. The van der Waals surface area contributed by atoms with E-state index >= 15 is 0 Å². The number of benzene rings is 2. The van der Waals surface area contributed by atoms with Gasteiger partial charge in [0.1, 0.15) is 17.6 Å². The molecule has 2 saturated heterocycles. The highest BCUT2D eigenvalue weighted by Gasteiger charge is 2.32. The molecule has 2 fully saturated rings. The third-order valence-electron chi connectivity index (χ3n) is 7.36. The van der Waals surface area contributed by atoms with E-state index in [1.54, 1.807) is 40.2 Å². The third kappa shape index (κ3) is 7.22. The lowest BCUT2D eigenvalue weighted by atomic mass is 10.0. The SMILES string of the molecule is NC(=O)c1cc(-c2cnn(C3CCS(=O)(=O)C3)c2)ccc1OC1CCN(C(=O)Cc2ccc(OC(F)(F)F)cc2)CC1. The lowest BCUT2D eigenvalue weighted by molar-refractivity contribution is -0.274. The lowest BCUT2D eigenvalue weighted by Crippen LogP contribution is -2.42. The number of amides is 2. The molecule has 5 rings (SSSR count). The van der Waals surface area contributed by atoms with E-state index in [2.05, 4.69) is 9.84 Å². The van der Waals surface area contributed by atoms with Crippen molar-refractivity contribution in [3.05, 3.63) is 66.0 Å². The predicted molar refractivity (Wildman–Crippen MR) is 146 cm³/mol. The molecule has 14 heteroatoms. The normalized spacial score (nSPS) is 19.0. The maximum Gasteiger partial charge on any atom is 0.573 e. The molecule has 2 aliphatic heterocycles. The number of nitrogens with two attached hydrogens (primary N) is 1. The van der Waals surface area contributed by atoms with Crippen molar-refractivity contribution in [2.45, 2.75) is 44.2 Å². The molecule has 2 N–H and O–H groups in total. The van der Waals surface area contributed by atoms with Crippen LogP contribution in [0, 0.1) is 0 Å². The number of likely N-dealkylation sites (tertiary alicyclic amines) is 1. The molecule has 1 atom stereocenters. The number of hydrogen-bond acceptors (Lipinski definition) is 7. The monoisotopic (exact) mass is 606 g/mol. The van der Waals surface area contributed by atoms with Crippen molar-refractivity contribution in [3.8, 4) is 22.6 Å². The average Bonchev–Trinajstić information content (AvgIpc) is 3.56. The van der Waals surface area contributed by atoms with Gasteiger partial charge in [0.15, 0.2) is 9.84 Å². The molecule has 42 heavy (non-hydrogen) atoms.